The summed E-state index contributed by atoms with van der Waals surface area (Å²) < 4.78 is 42.8. The summed E-state index contributed by atoms with van der Waals surface area (Å²) >= 11 is 0. The van der Waals surface area contributed by atoms with Gasteiger partial charge < -0.3 is 10.1 Å². The predicted octanol–water partition coefficient (Wildman–Crippen LogP) is 2.96. The molecule has 0 aromatic heterocycles. The molecule has 6 heteroatoms. The Bertz CT molecular complexity index is 485. The third-order valence-corrected chi connectivity index (χ3v) is 3.74. The third kappa shape index (κ3) is 3.75. The first-order valence-electron chi connectivity index (χ1n) is 6.98. The van der Waals surface area contributed by atoms with Crippen molar-refractivity contribution in [3.63, 3.8) is 0 Å². The number of carbonyl (C=O) groups is 1. The van der Waals surface area contributed by atoms with Crippen molar-refractivity contribution in [3.05, 3.63) is 35.4 Å². The summed E-state index contributed by atoms with van der Waals surface area (Å²) in [6, 6.07) is 5.06. The van der Waals surface area contributed by atoms with Gasteiger partial charge in [0.15, 0.2) is 0 Å². The monoisotopic (exact) mass is 301 g/mol. The van der Waals surface area contributed by atoms with Gasteiger partial charge in [0.25, 0.3) is 0 Å². The topological polar surface area (TPSA) is 38.3 Å². The zero-order valence-corrected chi connectivity index (χ0v) is 11.7. The number of hydrogen-bond donors (Lipinski definition) is 1. The number of ether oxygens (including phenoxy) is 1. The fourth-order valence-electron chi connectivity index (χ4n) is 2.67. The van der Waals surface area contributed by atoms with Crippen molar-refractivity contribution in [2.24, 2.45) is 5.92 Å². The van der Waals surface area contributed by atoms with Gasteiger partial charge >= 0.3 is 12.1 Å². The van der Waals surface area contributed by atoms with Crippen molar-refractivity contribution >= 4 is 5.97 Å². The van der Waals surface area contributed by atoms with Crippen LogP contribution in [-0.2, 0) is 15.7 Å². The van der Waals surface area contributed by atoms with Gasteiger partial charge in [-0.15, -0.1) is 0 Å². The van der Waals surface area contributed by atoms with Crippen LogP contribution < -0.4 is 5.32 Å². The molecule has 2 atom stereocenters. The molecule has 1 aromatic carbocycles. The first-order valence-corrected chi connectivity index (χ1v) is 6.98. The second kappa shape index (κ2) is 6.47. The van der Waals surface area contributed by atoms with Crippen molar-refractivity contribution < 1.29 is 22.7 Å². The summed E-state index contributed by atoms with van der Waals surface area (Å²) in [5, 5.41) is 3.13. The smallest absolute Gasteiger partial charge is 0.416 e. The lowest BCUT2D eigenvalue weighted by Gasteiger charge is -2.31. The van der Waals surface area contributed by atoms with E-state index in [1.165, 1.54) is 12.1 Å². The molecule has 0 spiro atoms. The minimum Gasteiger partial charge on any atom is -0.466 e. The van der Waals surface area contributed by atoms with Gasteiger partial charge in [-0.3, -0.25) is 4.79 Å². The van der Waals surface area contributed by atoms with E-state index in [9.17, 15) is 18.0 Å². The maximum absolute atomic E-state index is 12.6. The zero-order chi connectivity index (χ0) is 15.5. The SMILES string of the molecule is CCOC(=O)[C@@H]1CNCCC1c1ccc(C(F)(F)F)cc1. The van der Waals surface area contributed by atoms with Gasteiger partial charge in [0.05, 0.1) is 18.1 Å². The molecule has 0 amide bonds. The van der Waals surface area contributed by atoms with Crippen LogP contribution in [0.4, 0.5) is 13.2 Å². The zero-order valence-electron chi connectivity index (χ0n) is 11.7. The molecule has 3 nitrogen and oxygen atoms in total. The van der Waals surface area contributed by atoms with Gasteiger partial charge in [-0.1, -0.05) is 12.1 Å². The largest absolute Gasteiger partial charge is 0.466 e. The van der Waals surface area contributed by atoms with Crippen LogP contribution in [0.25, 0.3) is 0 Å². The average Bonchev–Trinajstić information content (AvgIpc) is 2.47. The van der Waals surface area contributed by atoms with Crippen LogP contribution in [0.5, 0.6) is 0 Å². The van der Waals surface area contributed by atoms with Crippen molar-refractivity contribution in [2.75, 3.05) is 19.7 Å². The molecule has 116 valence electrons. The minimum atomic E-state index is -4.34. The number of nitrogens with one attached hydrogen (secondary N) is 1. The minimum absolute atomic E-state index is 0.104. The van der Waals surface area contributed by atoms with E-state index in [0.29, 0.717) is 19.6 Å². The Morgan fingerprint density at radius 1 is 1.33 bits per heavy atom. The van der Waals surface area contributed by atoms with Gasteiger partial charge in [0, 0.05) is 6.54 Å². The lowest BCUT2D eigenvalue weighted by Crippen LogP contribution is -2.40. The van der Waals surface area contributed by atoms with Crippen LogP contribution in [-0.4, -0.2) is 25.7 Å². The standard InChI is InChI=1S/C15H18F3NO2/c1-2-21-14(20)13-9-19-8-7-12(13)10-3-5-11(6-4-10)15(16,17)18/h3-6,12-13,19H,2,7-9H2,1H3/t12?,13-/m1/s1. The van der Waals surface area contributed by atoms with E-state index in [1.54, 1.807) is 6.92 Å². The summed E-state index contributed by atoms with van der Waals surface area (Å²) in [7, 11) is 0. The first kappa shape index (κ1) is 15.8. The van der Waals surface area contributed by atoms with Crippen LogP contribution >= 0.6 is 0 Å². The fraction of sp³-hybridized carbons (Fsp3) is 0.533. The Labute approximate surface area is 121 Å². The molecule has 1 N–H and O–H groups in total. The van der Waals surface area contributed by atoms with E-state index in [4.69, 9.17) is 4.74 Å². The highest BCUT2D eigenvalue weighted by atomic mass is 19.4. The molecule has 21 heavy (non-hydrogen) atoms. The Balaban J connectivity index is 2.19. The second-order valence-corrected chi connectivity index (χ2v) is 5.08. The summed E-state index contributed by atoms with van der Waals surface area (Å²) in [5.41, 5.74) is 0.0791. The molecule has 1 unspecified atom stereocenters. The molecule has 0 radical (unpaired) electrons. The van der Waals surface area contributed by atoms with Crippen molar-refractivity contribution in [3.8, 4) is 0 Å². The van der Waals surface area contributed by atoms with Gasteiger partial charge in [-0.2, -0.15) is 13.2 Å². The van der Waals surface area contributed by atoms with Crippen LogP contribution in [0.2, 0.25) is 0 Å². The Morgan fingerprint density at radius 2 is 2.00 bits per heavy atom. The molecule has 1 heterocycles. The van der Waals surface area contributed by atoms with Crippen molar-refractivity contribution in [1.29, 1.82) is 0 Å². The Kier molecular flexibility index (Phi) is 4.88. The summed E-state index contributed by atoms with van der Waals surface area (Å²) in [5.74, 6) is -0.752. The number of esters is 1. The number of rotatable bonds is 3. The molecule has 0 bridgehead atoms. The number of benzene rings is 1. The summed E-state index contributed by atoms with van der Waals surface area (Å²) in [6.45, 7) is 3.27. The van der Waals surface area contributed by atoms with Gasteiger partial charge in [-0.05, 0) is 43.5 Å². The van der Waals surface area contributed by atoms with E-state index in [-0.39, 0.29) is 17.8 Å². The molecule has 0 saturated carbocycles. The van der Waals surface area contributed by atoms with Crippen LogP contribution in [0.15, 0.2) is 24.3 Å². The lowest BCUT2D eigenvalue weighted by atomic mass is 9.81. The number of halogens is 3. The number of piperidine rings is 1. The maximum atomic E-state index is 12.6. The van der Waals surface area contributed by atoms with E-state index in [1.807, 2.05) is 0 Å². The molecular formula is C15H18F3NO2. The maximum Gasteiger partial charge on any atom is 0.416 e. The van der Waals surface area contributed by atoms with E-state index in [2.05, 4.69) is 5.32 Å². The number of alkyl halides is 3. The van der Waals surface area contributed by atoms with Crippen LogP contribution in [0, 0.1) is 5.92 Å². The van der Waals surface area contributed by atoms with Crippen molar-refractivity contribution in [2.45, 2.75) is 25.4 Å². The molecule has 0 aliphatic carbocycles. The average molecular weight is 301 g/mol. The van der Waals surface area contributed by atoms with E-state index >= 15 is 0 Å². The van der Waals surface area contributed by atoms with E-state index < -0.39 is 11.7 Å². The van der Waals surface area contributed by atoms with Gasteiger partial charge in [-0.25, -0.2) is 0 Å². The number of hydrogen-bond acceptors (Lipinski definition) is 3. The Morgan fingerprint density at radius 3 is 2.57 bits per heavy atom. The summed E-state index contributed by atoms with van der Waals surface area (Å²) in [6.07, 6.45) is -3.64. The molecule has 1 aliphatic heterocycles. The van der Waals surface area contributed by atoms with Crippen LogP contribution in [0.1, 0.15) is 30.4 Å². The highest BCUT2D eigenvalue weighted by Crippen LogP contribution is 2.34. The Hall–Kier alpha value is -1.56. The molecule has 1 saturated heterocycles. The normalized spacial score (nSPS) is 22.9. The fourth-order valence-corrected chi connectivity index (χ4v) is 2.67. The molecule has 1 aromatic rings. The quantitative estimate of drug-likeness (QED) is 0.872. The second-order valence-electron chi connectivity index (χ2n) is 5.08. The van der Waals surface area contributed by atoms with Crippen molar-refractivity contribution in [1.82, 2.24) is 5.32 Å². The van der Waals surface area contributed by atoms with Crippen LogP contribution in [0.3, 0.4) is 0 Å². The van der Waals surface area contributed by atoms with E-state index in [0.717, 1.165) is 24.2 Å². The molecule has 1 aliphatic rings. The highest BCUT2D eigenvalue weighted by molar-refractivity contribution is 5.74. The third-order valence-electron chi connectivity index (χ3n) is 3.74. The molecule has 2 rings (SSSR count). The van der Waals surface area contributed by atoms with Gasteiger partial charge in [0.2, 0.25) is 0 Å². The number of carbonyl (C=O) groups excluding carboxylic acids is 1. The van der Waals surface area contributed by atoms with Gasteiger partial charge in [0.1, 0.15) is 0 Å². The predicted molar refractivity (Wildman–Crippen MR) is 71.8 cm³/mol. The molecular weight excluding hydrogens is 283 g/mol. The first-order chi connectivity index (χ1) is 9.93. The lowest BCUT2D eigenvalue weighted by molar-refractivity contribution is -0.149. The summed E-state index contributed by atoms with van der Waals surface area (Å²) in [4.78, 5) is 12.0. The highest BCUT2D eigenvalue weighted by Gasteiger charge is 2.34. The molecule has 1 fully saturated rings.